The van der Waals surface area contributed by atoms with Crippen molar-refractivity contribution in [1.29, 1.82) is 0 Å². The van der Waals surface area contributed by atoms with Gasteiger partial charge < -0.3 is 10.2 Å². The van der Waals surface area contributed by atoms with E-state index in [-0.39, 0.29) is 5.91 Å². The fraction of sp³-hybridized carbons (Fsp3) is 0.421. The van der Waals surface area contributed by atoms with Gasteiger partial charge in [-0.25, -0.2) is 0 Å². The lowest BCUT2D eigenvalue weighted by Gasteiger charge is -2.34. The minimum atomic E-state index is 0.256. The summed E-state index contributed by atoms with van der Waals surface area (Å²) in [7, 11) is 1.88. The van der Waals surface area contributed by atoms with Crippen LogP contribution in [0, 0.1) is 0 Å². The first-order valence-electron chi connectivity index (χ1n) is 8.65. The molecule has 1 N–H and O–H groups in total. The summed E-state index contributed by atoms with van der Waals surface area (Å²) in [6.45, 7) is 5.21. The molecule has 1 aromatic carbocycles. The molecule has 0 bridgehead atoms. The molecule has 3 rings (SSSR count). The van der Waals surface area contributed by atoms with Crippen molar-refractivity contribution in [2.45, 2.75) is 13.0 Å². The van der Waals surface area contributed by atoms with Crippen LogP contribution in [0.15, 0.2) is 36.4 Å². The van der Waals surface area contributed by atoms with E-state index >= 15 is 0 Å². The zero-order valence-corrected chi connectivity index (χ0v) is 16.1. The standard InChI is InChI=1S/C19H24ClN3OS/c1-21-9-8-19(24)23-12-10-22(11-13-23)14-15-6-7-18(25-15)16-4-2-3-5-17(16)20/h2-7,21H,8-14H2,1H3. The van der Waals surface area contributed by atoms with Crippen LogP contribution in [-0.2, 0) is 11.3 Å². The molecular formula is C19H24ClN3OS. The quantitative estimate of drug-likeness (QED) is 0.838. The van der Waals surface area contributed by atoms with Crippen molar-refractivity contribution < 1.29 is 4.79 Å². The zero-order chi connectivity index (χ0) is 17.6. The third-order valence-corrected chi connectivity index (χ3v) is 5.93. The second-order valence-corrected chi connectivity index (χ2v) is 7.83. The molecule has 1 saturated heterocycles. The van der Waals surface area contributed by atoms with Crippen LogP contribution < -0.4 is 5.32 Å². The van der Waals surface area contributed by atoms with Gasteiger partial charge in [-0.05, 0) is 25.2 Å². The summed E-state index contributed by atoms with van der Waals surface area (Å²) < 4.78 is 0. The van der Waals surface area contributed by atoms with Gasteiger partial charge in [0.15, 0.2) is 0 Å². The second-order valence-electron chi connectivity index (χ2n) is 6.26. The Morgan fingerprint density at radius 2 is 1.92 bits per heavy atom. The lowest BCUT2D eigenvalue weighted by Crippen LogP contribution is -2.48. The molecule has 0 radical (unpaired) electrons. The molecule has 6 heteroatoms. The second kappa shape index (κ2) is 8.81. The van der Waals surface area contributed by atoms with Gasteiger partial charge in [-0.1, -0.05) is 29.8 Å². The van der Waals surface area contributed by atoms with Crippen LogP contribution in [0.5, 0.6) is 0 Å². The summed E-state index contributed by atoms with van der Waals surface area (Å²) in [6.07, 6.45) is 0.586. The van der Waals surface area contributed by atoms with Gasteiger partial charge in [-0.3, -0.25) is 9.69 Å². The number of piperazine rings is 1. The lowest BCUT2D eigenvalue weighted by atomic mass is 10.2. The number of nitrogens with zero attached hydrogens (tertiary/aromatic N) is 2. The number of rotatable bonds is 6. The minimum absolute atomic E-state index is 0.256. The van der Waals surface area contributed by atoms with Gasteiger partial charge in [-0.2, -0.15) is 0 Å². The number of carbonyl (C=O) groups is 1. The van der Waals surface area contributed by atoms with Crippen molar-refractivity contribution >= 4 is 28.8 Å². The molecule has 0 unspecified atom stereocenters. The molecule has 1 amide bonds. The van der Waals surface area contributed by atoms with Crippen LogP contribution in [0.1, 0.15) is 11.3 Å². The van der Waals surface area contributed by atoms with Gasteiger partial charge in [0, 0.05) is 66.0 Å². The van der Waals surface area contributed by atoms with Gasteiger partial charge in [0.2, 0.25) is 5.91 Å². The van der Waals surface area contributed by atoms with Crippen molar-refractivity contribution in [2.75, 3.05) is 39.8 Å². The largest absolute Gasteiger partial charge is 0.340 e. The molecular weight excluding hydrogens is 354 g/mol. The molecule has 134 valence electrons. The van der Waals surface area contributed by atoms with E-state index in [0.717, 1.165) is 49.9 Å². The summed E-state index contributed by atoms with van der Waals surface area (Å²) in [5, 5.41) is 3.83. The third-order valence-electron chi connectivity index (χ3n) is 4.49. The van der Waals surface area contributed by atoms with Crippen molar-refractivity contribution in [3.05, 3.63) is 46.3 Å². The van der Waals surface area contributed by atoms with Crippen molar-refractivity contribution in [3.8, 4) is 10.4 Å². The Balaban J connectivity index is 1.53. The van der Waals surface area contributed by atoms with Crippen molar-refractivity contribution in [1.82, 2.24) is 15.1 Å². The first-order valence-corrected chi connectivity index (χ1v) is 9.85. The Bertz CT molecular complexity index is 710. The summed E-state index contributed by atoms with van der Waals surface area (Å²) in [5.41, 5.74) is 1.10. The van der Waals surface area contributed by atoms with Crippen LogP contribution >= 0.6 is 22.9 Å². The maximum absolute atomic E-state index is 12.1. The SMILES string of the molecule is CNCCC(=O)N1CCN(Cc2ccc(-c3ccccc3Cl)s2)CC1. The predicted molar refractivity (Wildman–Crippen MR) is 105 cm³/mol. The average Bonchev–Trinajstić information content (AvgIpc) is 3.09. The number of thiophene rings is 1. The number of benzene rings is 1. The molecule has 4 nitrogen and oxygen atoms in total. The normalized spacial score (nSPS) is 15.5. The molecule has 1 aliphatic rings. The van der Waals surface area contributed by atoms with E-state index in [4.69, 9.17) is 11.6 Å². The molecule has 1 aromatic heterocycles. The molecule has 0 spiro atoms. The van der Waals surface area contributed by atoms with Gasteiger partial charge in [0.05, 0.1) is 0 Å². The summed E-state index contributed by atoms with van der Waals surface area (Å²) in [5.74, 6) is 0.256. The Morgan fingerprint density at radius 1 is 1.16 bits per heavy atom. The Hall–Kier alpha value is -1.40. The number of hydrogen-bond donors (Lipinski definition) is 1. The topological polar surface area (TPSA) is 35.6 Å². The van der Waals surface area contributed by atoms with E-state index in [1.165, 1.54) is 9.75 Å². The molecule has 0 saturated carbocycles. The van der Waals surface area contributed by atoms with Crippen LogP contribution in [0.4, 0.5) is 0 Å². The minimum Gasteiger partial charge on any atom is -0.340 e. The first kappa shape index (κ1) is 18.4. The fourth-order valence-corrected chi connectivity index (χ4v) is 4.42. The van der Waals surface area contributed by atoms with Crippen LogP contribution in [0.3, 0.4) is 0 Å². The number of amides is 1. The summed E-state index contributed by atoms with van der Waals surface area (Å²) >= 11 is 8.09. The molecule has 0 atom stereocenters. The Morgan fingerprint density at radius 3 is 2.64 bits per heavy atom. The van der Waals surface area contributed by atoms with E-state index in [1.807, 2.05) is 30.1 Å². The number of carbonyl (C=O) groups excluding carboxylic acids is 1. The Labute approximate surface area is 158 Å². The van der Waals surface area contributed by atoms with Crippen LogP contribution in [0.2, 0.25) is 5.02 Å². The molecule has 0 aliphatic carbocycles. The number of halogens is 1. The van der Waals surface area contributed by atoms with Gasteiger partial charge >= 0.3 is 0 Å². The van der Waals surface area contributed by atoms with E-state index in [1.54, 1.807) is 11.3 Å². The number of nitrogens with one attached hydrogen (secondary N) is 1. The zero-order valence-electron chi connectivity index (χ0n) is 14.5. The van der Waals surface area contributed by atoms with Gasteiger partial charge in [0.1, 0.15) is 0 Å². The monoisotopic (exact) mass is 377 g/mol. The van der Waals surface area contributed by atoms with Crippen LogP contribution in [0.25, 0.3) is 10.4 Å². The lowest BCUT2D eigenvalue weighted by molar-refractivity contribution is -0.132. The molecule has 1 fully saturated rings. The maximum atomic E-state index is 12.1. The third kappa shape index (κ3) is 4.82. The molecule has 25 heavy (non-hydrogen) atoms. The van der Waals surface area contributed by atoms with Crippen molar-refractivity contribution in [2.24, 2.45) is 0 Å². The number of hydrogen-bond acceptors (Lipinski definition) is 4. The highest BCUT2D eigenvalue weighted by Gasteiger charge is 2.21. The first-order chi connectivity index (χ1) is 12.2. The van der Waals surface area contributed by atoms with E-state index in [0.29, 0.717) is 6.42 Å². The van der Waals surface area contributed by atoms with E-state index in [9.17, 15) is 4.79 Å². The predicted octanol–water partition coefficient (Wildman–Crippen LogP) is 3.32. The highest BCUT2D eigenvalue weighted by molar-refractivity contribution is 7.15. The average molecular weight is 378 g/mol. The highest BCUT2D eigenvalue weighted by Crippen LogP contribution is 2.33. The van der Waals surface area contributed by atoms with E-state index < -0.39 is 0 Å². The maximum Gasteiger partial charge on any atom is 0.223 e. The van der Waals surface area contributed by atoms with Crippen LogP contribution in [-0.4, -0.2) is 55.5 Å². The van der Waals surface area contributed by atoms with E-state index in [2.05, 4.69) is 28.4 Å². The fourth-order valence-electron chi connectivity index (χ4n) is 3.03. The Kier molecular flexibility index (Phi) is 6.48. The van der Waals surface area contributed by atoms with Gasteiger partial charge in [0.25, 0.3) is 0 Å². The van der Waals surface area contributed by atoms with Gasteiger partial charge in [-0.15, -0.1) is 11.3 Å². The highest BCUT2D eigenvalue weighted by atomic mass is 35.5. The van der Waals surface area contributed by atoms with Crippen molar-refractivity contribution in [3.63, 3.8) is 0 Å². The summed E-state index contributed by atoms with van der Waals surface area (Å²) in [4.78, 5) is 19.0. The summed E-state index contributed by atoms with van der Waals surface area (Å²) in [6, 6.07) is 12.3. The molecule has 2 aromatic rings. The molecule has 2 heterocycles. The smallest absolute Gasteiger partial charge is 0.223 e. The molecule has 1 aliphatic heterocycles.